The first-order valence-electron chi connectivity index (χ1n) is 3.72. The number of ether oxygens (including phenoxy) is 1. The van der Waals surface area contributed by atoms with Gasteiger partial charge < -0.3 is 4.74 Å². The molecule has 0 fully saturated rings. The van der Waals surface area contributed by atoms with Crippen molar-refractivity contribution >= 4 is 33.3 Å². The number of carbonyl (C=O) groups is 1. The van der Waals surface area contributed by atoms with Crippen LogP contribution >= 0.6 is 27.5 Å². The molecule has 0 spiro atoms. The molecule has 0 saturated carbocycles. The fourth-order valence-electron chi connectivity index (χ4n) is 0.957. The number of methoxy groups -OCH3 is 1. The predicted octanol–water partition coefficient (Wildman–Crippen LogP) is 3.07. The van der Waals surface area contributed by atoms with Crippen LogP contribution in [0.5, 0.6) is 5.75 Å². The van der Waals surface area contributed by atoms with Crippen molar-refractivity contribution in [3.63, 3.8) is 0 Å². The van der Waals surface area contributed by atoms with Gasteiger partial charge in [-0.2, -0.15) is 0 Å². The number of Topliss-reactive ketones (excluding diaryl/α,β-unsaturated/α-hetero) is 1. The van der Waals surface area contributed by atoms with Crippen LogP contribution in [-0.4, -0.2) is 18.2 Å². The average Bonchev–Trinajstić information content (AvgIpc) is 2.20. The summed E-state index contributed by atoms with van der Waals surface area (Å²) in [7, 11) is 1.39. The first kappa shape index (κ1) is 11.5. The van der Waals surface area contributed by atoms with Crippen molar-refractivity contribution in [3.05, 3.63) is 28.5 Å². The second-order valence-corrected chi connectivity index (χ2v) is 3.47. The smallest absolute Gasteiger partial charge is 0.175 e. The van der Waals surface area contributed by atoms with Gasteiger partial charge in [0.2, 0.25) is 0 Å². The van der Waals surface area contributed by atoms with Gasteiger partial charge in [-0.25, -0.2) is 4.39 Å². The largest absolute Gasteiger partial charge is 0.497 e. The van der Waals surface area contributed by atoms with Crippen LogP contribution in [0.4, 0.5) is 4.39 Å². The molecule has 0 bridgehead atoms. The molecular formula is C9H7BrClFO2. The number of alkyl halides is 1. The molecule has 0 atom stereocenters. The summed E-state index contributed by atoms with van der Waals surface area (Å²) in [6.45, 7) is 0. The maximum Gasteiger partial charge on any atom is 0.175 e. The van der Waals surface area contributed by atoms with Gasteiger partial charge in [-0.05, 0) is 6.07 Å². The summed E-state index contributed by atoms with van der Waals surface area (Å²) in [6, 6.07) is 2.54. The SMILES string of the molecule is COc1cc(F)c(Cl)c(C(=O)CBr)c1. The highest BCUT2D eigenvalue weighted by atomic mass is 79.9. The van der Waals surface area contributed by atoms with E-state index in [0.29, 0.717) is 0 Å². The predicted molar refractivity (Wildman–Crippen MR) is 56.1 cm³/mol. The molecule has 14 heavy (non-hydrogen) atoms. The molecule has 76 valence electrons. The van der Waals surface area contributed by atoms with Gasteiger partial charge in [-0.15, -0.1) is 0 Å². The first-order valence-corrected chi connectivity index (χ1v) is 5.22. The summed E-state index contributed by atoms with van der Waals surface area (Å²) >= 11 is 8.61. The standard InChI is InChI=1S/C9H7BrClFO2/c1-14-5-2-6(8(13)4-10)9(11)7(12)3-5/h2-3H,4H2,1H3. The van der Waals surface area contributed by atoms with Crippen LogP contribution in [0.2, 0.25) is 5.02 Å². The lowest BCUT2D eigenvalue weighted by Gasteiger charge is -2.05. The van der Waals surface area contributed by atoms with E-state index in [4.69, 9.17) is 16.3 Å². The van der Waals surface area contributed by atoms with E-state index in [-0.39, 0.29) is 27.4 Å². The van der Waals surface area contributed by atoms with Crippen LogP contribution in [0.15, 0.2) is 12.1 Å². The minimum atomic E-state index is -0.657. The summed E-state index contributed by atoms with van der Waals surface area (Å²) < 4.78 is 18.0. The van der Waals surface area contributed by atoms with E-state index in [0.717, 1.165) is 6.07 Å². The average molecular weight is 282 g/mol. The lowest BCUT2D eigenvalue weighted by atomic mass is 10.1. The summed E-state index contributed by atoms with van der Waals surface area (Å²) in [4.78, 5) is 11.3. The van der Waals surface area contributed by atoms with Gasteiger partial charge in [0.1, 0.15) is 11.6 Å². The van der Waals surface area contributed by atoms with Gasteiger partial charge in [-0.1, -0.05) is 27.5 Å². The third-order valence-electron chi connectivity index (χ3n) is 1.66. The highest BCUT2D eigenvalue weighted by molar-refractivity contribution is 9.09. The molecule has 0 N–H and O–H groups in total. The van der Waals surface area contributed by atoms with E-state index in [1.54, 1.807) is 0 Å². The lowest BCUT2D eigenvalue weighted by molar-refractivity contribution is 0.102. The Morgan fingerprint density at radius 1 is 1.64 bits per heavy atom. The van der Waals surface area contributed by atoms with Crippen molar-refractivity contribution < 1.29 is 13.9 Å². The number of benzene rings is 1. The molecule has 0 amide bonds. The normalized spacial score (nSPS) is 10.0. The van der Waals surface area contributed by atoms with E-state index in [9.17, 15) is 9.18 Å². The Balaban J connectivity index is 3.27. The third kappa shape index (κ3) is 2.25. The molecule has 1 rings (SSSR count). The zero-order chi connectivity index (χ0) is 10.7. The molecular weight excluding hydrogens is 274 g/mol. The summed E-state index contributed by atoms with van der Waals surface area (Å²) in [5.41, 5.74) is 0.125. The van der Waals surface area contributed by atoms with Gasteiger partial charge in [0.15, 0.2) is 5.78 Å². The number of ketones is 1. The van der Waals surface area contributed by atoms with Gasteiger partial charge in [-0.3, -0.25) is 4.79 Å². The van der Waals surface area contributed by atoms with E-state index < -0.39 is 5.82 Å². The van der Waals surface area contributed by atoms with Crippen LogP contribution in [-0.2, 0) is 0 Å². The van der Waals surface area contributed by atoms with Crippen LogP contribution < -0.4 is 4.74 Å². The van der Waals surface area contributed by atoms with E-state index in [1.807, 2.05) is 0 Å². The Morgan fingerprint density at radius 3 is 2.79 bits per heavy atom. The minimum Gasteiger partial charge on any atom is -0.497 e. The second-order valence-electron chi connectivity index (χ2n) is 2.53. The molecule has 1 aromatic rings. The number of hydrogen-bond acceptors (Lipinski definition) is 2. The molecule has 0 aromatic heterocycles. The first-order chi connectivity index (χ1) is 6.60. The Morgan fingerprint density at radius 2 is 2.29 bits per heavy atom. The van der Waals surface area contributed by atoms with Crippen molar-refractivity contribution in [3.8, 4) is 5.75 Å². The highest BCUT2D eigenvalue weighted by Crippen LogP contribution is 2.26. The topological polar surface area (TPSA) is 26.3 Å². The van der Waals surface area contributed by atoms with E-state index in [1.165, 1.54) is 13.2 Å². The van der Waals surface area contributed by atoms with Crippen molar-refractivity contribution in [1.29, 1.82) is 0 Å². The number of hydrogen-bond donors (Lipinski definition) is 0. The van der Waals surface area contributed by atoms with Gasteiger partial charge >= 0.3 is 0 Å². The Bertz CT molecular complexity index is 368. The Hall–Kier alpha value is -0.610. The lowest BCUT2D eigenvalue weighted by Crippen LogP contribution is -2.03. The van der Waals surface area contributed by atoms with Crippen LogP contribution in [0.1, 0.15) is 10.4 Å². The number of rotatable bonds is 3. The van der Waals surface area contributed by atoms with Gasteiger partial charge in [0.25, 0.3) is 0 Å². The van der Waals surface area contributed by atoms with Crippen molar-refractivity contribution in [2.24, 2.45) is 0 Å². The molecule has 0 aliphatic carbocycles. The maximum absolute atomic E-state index is 13.1. The quantitative estimate of drug-likeness (QED) is 0.629. The fraction of sp³-hybridized carbons (Fsp3) is 0.222. The van der Waals surface area contributed by atoms with Crippen molar-refractivity contribution in [1.82, 2.24) is 0 Å². The molecule has 2 nitrogen and oxygen atoms in total. The zero-order valence-corrected chi connectivity index (χ0v) is 9.65. The molecule has 0 radical (unpaired) electrons. The zero-order valence-electron chi connectivity index (χ0n) is 7.31. The number of halogens is 3. The minimum absolute atomic E-state index is 0.0966. The van der Waals surface area contributed by atoms with Crippen LogP contribution in [0, 0.1) is 5.82 Å². The maximum atomic E-state index is 13.1. The Labute approximate surface area is 94.1 Å². The summed E-state index contributed by atoms with van der Waals surface area (Å²) in [5.74, 6) is -0.667. The van der Waals surface area contributed by atoms with E-state index >= 15 is 0 Å². The van der Waals surface area contributed by atoms with Crippen molar-refractivity contribution in [2.75, 3.05) is 12.4 Å². The second kappa shape index (κ2) is 4.75. The van der Waals surface area contributed by atoms with Gasteiger partial charge in [0, 0.05) is 11.6 Å². The Kier molecular flexibility index (Phi) is 3.89. The van der Waals surface area contributed by atoms with E-state index in [2.05, 4.69) is 15.9 Å². The van der Waals surface area contributed by atoms with Crippen LogP contribution in [0.3, 0.4) is 0 Å². The van der Waals surface area contributed by atoms with Crippen molar-refractivity contribution in [2.45, 2.75) is 0 Å². The number of carbonyl (C=O) groups excluding carboxylic acids is 1. The molecule has 0 saturated heterocycles. The highest BCUT2D eigenvalue weighted by Gasteiger charge is 2.14. The van der Waals surface area contributed by atoms with Gasteiger partial charge in [0.05, 0.1) is 17.5 Å². The molecule has 0 aliphatic heterocycles. The molecule has 0 unspecified atom stereocenters. The van der Waals surface area contributed by atoms with Crippen LogP contribution in [0.25, 0.3) is 0 Å². The summed E-state index contributed by atoms with van der Waals surface area (Å²) in [5, 5.41) is -0.0745. The molecule has 0 aliphatic rings. The molecule has 0 heterocycles. The third-order valence-corrected chi connectivity index (χ3v) is 2.55. The molecule has 1 aromatic carbocycles. The fourth-order valence-corrected chi connectivity index (χ4v) is 1.47. The summed E-state index contributed by atoms with van der Waals surface area (Å²) in [6.07, 6.45) is 0. The molecule has 5 heteroatoms. The monoisotopic (exact) mass is 280 g/mol.